The van der Waals surface area contributed by atoms with Gasteiger partial charge in [0.05, 0.1) is 6.10 Å². The molecule has 1 aliphatic heterocycles. The van der Waals surface area contributed by atoms with E-state index in [2.05, 4.69) is 27.9 Å². The molecule has 2 atom stereocenters. The van der Waals surface area contributed by atoms with E-state index in [9.17, 15) is 5.11 Å². The van der Waals surface area contributed by atoms with Crippen molar-refractivity contribution in [3.05, 3.63) is 0 Å². The second-order valence-corrected chi connectivity index (χ2v) is 4.03. The average molecular weight is 222 g/mol. The van der Waals surface area contributed by atoms with E-state index < -0.39 is 0 Å². The fraction of sp³-hybridized carbons (Fsp3) is 1.00. The summed E-state index contributed by atoms with van der Waals surface area (Å²) in [5, 5.41) is 10.2. The fourth-order valence-corrected chi connectivity index (χ4v) is 2.18. The highest BCUT2D eigenvalue weighted by molar-refractivity contribution is 9.09. The number of hydrogen-bond donors (Lipinski definition) is 1. The summed E-state index contributed by atoms with van der Waals surface area (Å²) in [4.78, 5) is 2.29. The summed E-state index contributed by atoms with van der Waals surface area (Å²) in [7, 11) is 2.12. The summed E-state index contributed by atoms with van der Waals surface area (Å²) in [5.41, 5.74) is 0. The smallest absolute Gasteiger partial charge is 0.0677 e. The quantitative estimate of drug-likeness (QED) is 0.707. The van der Waals surface area contributed by atoms with Gasteiger partial charge in [0, 0.05) is 11.9 Å². The molecule has 1 N–H and O–H groups in total. The van der Waals surface area contributed by atoms with Crippen LogP contribution in [0.25, 0.3) is 0 Å². The molecule has 1 heterocycles. The van der Waals surface area contributed by atoms with Gasteiger partial charge in [-0.2, -0.15) is 0 Å². The molecule has 1 aliphatic rings. The minimum atomic E-state index is -0.155. The summed E-state index contributed by atoms with van der Waals surface area (Å²) in [6, 6.07) is 0. The van der Waals surface area contributed by atoms with Crippen molar-refractivity contribution < 1.29 is 5.11 Å². The predicted octanol–water partition coefficient (Wildman–Crippen LogP) is 1.08. The van der Waals surface area contributed by atoms with E-state index in [1.807, 2.05) is 0 Å². The maximum Gasteiger partial charge on any atom is 0.0677 e. The van der Waals surface area contributed by atoms with Crippen LogP contribution in [-0.2, 0) is 0 Å². The molecule has 0 bridgehead atoms. The first kappa shape index (κ1) is 9.49. The molecule has 11 heavy (non-hydrogen) atoms. The highest BCUT2D eigenvalue weighted by Gasteiger charge is 2.22. The van der Waals surface area contributed by atoms with Gasteiger partial charge in [0.2, 0.25) is 0 Å². The van der Waals surface area contributed by atoms with Crippen LogP contribution in [0.5, 0.6) is 0 Å². The van der Waals surface area contributed by atoms with Gasteiger partial charge in [0.15, 0.2) is 0 Å². The zero-order chi connectivity index (χ0) is 8.27. The lowest BCUT2D eigenvalue weighted by Crippen LogP contribution is -2.38. The van der Waals surface area contributed by atoms with Crippen molar-refractivity contribution in [2.45, 2.75) is 18.9 Å². The highest BCUT2D eigenvalue weighted by Crippen LogP contribution is 2.19. The van der Waals surface area contributed by atoms with Crippen molar-refractivity contribution >= 4 is 15.9 Å². The first-order chi connectivity index (χ1) is 5.24. The maximum absolute atomic E-state index is 9.53. The molecule has 1 rings (SSSR count). The molecule has 0 amide bonds. The normalized spacial score (nSPS) is 30.3. The van der Waals surface area contributed by atoms with E-state index in [-0.39, 0.29) is 6.10 Å². The Hall–Kier alpha value is 0.400. The summed E-state index contributed by atoms with van der Waals surface area (Å²) >= 11 is 3.30. The molecule has 0 aromatic carbocycles. The van der Waals surface area contributed by atoms with Crippen LogP contribution in [0, 0.1) is 5.92 Å². The second kappa shape index (κ2) is 4.43. The first-order valence-electron chi connectivity index (χ1n) is 4.16. The first-order valence-corrected chi connectivity index (χ1v) is 5.28. The van der Waals surface area contributed by atoms with Crippen LogP contribution in [-0.4, -0.2) is 41.6 Å². The SMILES string of the molecule is CN1CCCC(C(O)CBr)C1. The topological polar surface area (TPSA) is 23.5 Å². The number of halogens is 1. The molecule has 0 aromatic rings. The Labute approximate surface area is 76.7 Å². The third kappa shape index (κ3) is 2.73. The number of alkyl halides is 1. The van der Waals surface area contributed by atoms with Gasteiger partial charge in [-0.25, -0.2) is 0 Å². The number of likely N-dealkylation sites (tertiary alicyclic amines) is 1. The van der Waals surface area contributed by atoms with Gasteiger partial charge >= 0.3 is 0 Å². The van der Waals surface area contributed by atoms with Gasteiger partial charge in [0.1, 0.15) is 0 Å². The Bertz CT molecular complexity index is 121. The lowest BCUT2D eigenvalue weighted by Gasteiger charge is -2.31. The van der Waals surface area contributed by atoms with E-state index in [0.29, 0.717) is 11.2 Å². The Balaban J connectivity index is 2.33. The molecule has 2 unspecified atom stereocenters. The lowest BCUT2D eigenvalue weighted by molar-refractivity contribution is 0.0768. The van der Waals surface area contributed by atoms with Gasteiger partial charge in [-0.15, -0.1) is 0 Å². The molecule has 1 fully saturated rings. The maximum atomic E-state index is 9.53. The lowest BCUT2D eigenvalue weighted by atomic mass is 9.94. The third-order valence-corrected chi connectivity index (χ3v) is 3.03. The second-order valence-electron chi connectivity index (χ2n) is 3.39. The van der Waals surface area contributed by atoms with E-state index >= 15 is 0 Å². The third-order valence-electron chi connectivity index (χ3n) is 2.36. The van der Waals surface area contributed by atoms with Gasteiger partial charge in [-0.05, 0) is 32.4 Å². The Morgan fingerprint density at radius 3 is 3.00 bits per heavy atom. The van der Waals surface area contributed by atoms with Crippen molar-refractivity contribution in [2.24, 2.45) is 5.92 Å². The zero-order valence-electron chi connectivity index (χ0n) is 6.96. The number of nitrogens with zero attached hydrogens (tertiary/aromatic N) is 1. The Kier molecular flexibility index (Phi) is 3.82. The molecule has 1 saturated heterocycles. The minimum Gasteiger partial charge on any atom is -0.392 e. The van der Waals surface area contributed by atoms with E-state index in [1.165, 1.54) is 19.4 Å². The van der Waals surface area contributed by atoms with Crippen molar-refractivity contribution in [3.8, 4) is 0 Å². The number of aliphatic hydroxyl groups is 1. The van der Waals surface area contributed by atoms with Gasteiger partial charge in [-0.3, -0.25) is 0 Å². The standard InChI is InChI=1S/C8H16BrNO/c1-10-4-2-3-7(6-10)8(11)5-9/h7-8,11H,2-6H2,1H3. The molecule has 2 nitrogen and oxygen atoms in total. The molecular weight excluding hydrogens is 206 g/mol. The fourth-order valence-electron chi connectivity index (χ4n) is 1.65. The summed E-state index contributed by atoms with van der Waals surface area (Å²) in [6.07, 6.45) is 2.25. The van der Waals surface area contributed by atoms with Crippen molar-refractivity contribution in [2.75, 3.05) is 25.5 Å². The van der Waals surface area contributed by atoms with Crippen LogP contribution >= 0.6 is 15.9 Å². The molecule has 3 heteroatoms. The summed E-state index contributed by atoms with van der Waals surface area (Å²) in [6.45, 7) is 2.23. The molecule has 0 aromatic heterocycles. The minimum absolute atomic E-state index is 0.155. The monoisotopic (exact) mass is 221 g/mol. The van der Waals surface area contributed by atoms with Crippen LogP contribution in [0.15, 0.2) is 0 Å². The van der Waals surface area contributed by atoms with Crippen LogP contribution in [0.3, 0.4) is 0 Å². The van der Waals surface area contributed by atoms with Gasteiger partial charge < -0.3 is 10.0 Å². The molecule has 0 saturated carbocycles. The largest absolute Gasteiger partial charge is 0.392 e. The number of aliphatic hydroxyl groups excluding tert-OH is 1. The van der Waals surface area contributed by atoms with Crippen molar-refractivity contribution in [3.63, 3.8) is 0 Å². The van der Waals surface area contributed by atoms with E-state index in [0.717, 1.165) is 6.54 Å². The van der Waals surface area contributed by atoms with Crippen molar-refractivity contribution in [1.82, 2.24) is 4.90 Å². The molecular formula is C8H16BrNO. The number of hydrogen-bond acceptors (Lipinski definition) is 2. The average Bonchev–Trinajstić information content (AvgIpc) is 2.03. The summed E-state index contributed by atoms with van der Waals surface area (Å²) in [5.74, 6) is 0.480. The highest BCUT2D eigenvalue weighted by atomic mass is 79.9. The Morgan fingerprint density at radius 1 is 1.73 bits per heavy atom. The molecule has 66 valence electrons. The summed E-state index contributed by atoms with van der Waals surface area (Å²) < 4.78 is 0. The van der Waals surface area contributed by atoms with Crippen LogP contribution in [0.1, 0.15) is 12.8 Å². The Morgan fingerprint density at radius 2 is 2.45 bits per heavy atom. The zero-order valence-corrected chi connectivity index (χ0v) is 8.55. The predicted molar refractivity (Wildman–Crippen MR) is 50.0 cm³/mol. The van der Waals surface area contributed by atoms with Crippen molar-refractivity contribution in [1.29, 1.82) is 0 Å². The van der Waals surface area contributed by atoms with Gasteiger partial charge in [0.25, 0.3) is 0 Å². The van der Waals surface area contributed by atoms with E-state index in [4.69, 9.17) is 0 Å². The van der Waals surface area contributed by atoms with Crippen LogP contribution < -0.4 is 0 Å². The number of rotatable bonds is 2. The van der Waals surface area contributed by atoms with Crippen LogP contribution in [0.4, 0.5) is 0 Å². The number of piperidine rings is 1. The van der Waals surface area contributed by atoms with Gasteiger partial charge in [-0.1, -0.05) is 15.9 Å². The van der Waals surface area contributed by atoms with Crippen LogP contribution in [0.2, 0.25) is 0 Å². The molecule has 0 radical (unpaired) electrons. The molecule has 0 aliphatic carbocycles. The van der Waals surface area contributed by atoms with E-state index in [1.54, 1.807) is 0 Å². The molecule has 0 spiro atoms.